The largest absolute Gasteiger partial charge is 0.391 e. The van der Waals surface area contributed by atoms with Crippen molar-refractivity contribution in [1.29, 1.82) is 0 Å². The number of nitrogen functional groups attached to an aromatic ring is 1. The van der Waals surface area contributed by atoms with Crippen molar-refractivity contribution < 1.29 is 0 Å². The van der Waals surface area contributed by atoms with Crippen LogP contribution in [0.5, 0.6) is 0 Å². The molecule has 0 aliphatic heterocycles. The Labute approximate surface area is 120 Å². The lowest BCUT2D eigenvalue weighted by molar-refractivity contribution is 0.797. The van der Waals surface area contributed by atoms with Crippen LogP contribution in [0, 0.1) is 6.92 Å². The summed E-state index contributed by atoms with van der Waals surface area (Å²) >= 11 is 7.66. The van der Waals surface area contributed by atoms with Crippen LogP contribution in [-0.4, -0.2) is 9.55 Å². The zero-order valence-electron chi connectivity index (χ0n) is 10.8. The number of hydrogen-bond acceptors (Lipinski definition) is 3. The number of benzene rings is 1. The number of rotatable bonds is 2. The van der Waals surface area contributed by atoms with Crippen molar-refractivity contribution >= 4 is 39.0 Å². The summed E-state index contributed by atoms with van der Waals surface area (Å²) in [4.78, 5) is 5.86. The average Bonchev–Trinajstić information content (AvgIpc) is 2.88. The van der Waals surface area contributed by atoms with E-state index in [1.807, 2.05) is 24.3 Å². The second kappa shape index (κ2) is 4.54. The number of aryl methyl sites for hydroxylation is 2. The van der Waals surface area contributed by atoms with Crippen molar-refractivity contribution in [3.05, 3.63) is 34.9 Å². The van der Waals surface area contributed by atoms with Crippen LogP contribution in [0.4, 0.5) is 5.00 Å². The lowest BCUT2D eigenvalue weighted by atomic mass is 10.3. The second-order valence-corrected chi connectivity index (χ2v) is 5.99. The van der Waals surface area contributed by atoms with Crippen molar-refractivity contribution in [1.82, 2.24) is 9.55 Å². The first kappa shape index (κ1) is 12.5. The average molecular weight is 292 g/mol. The summed E-state index contributed by atoms with van der Waals surface area (Å²) in [6.07, 6.45) is 0. The Balaban J connectivity index is 2.32. The first-order valence-corrected chi connectivity index (χ1v) is 7.31. The number of anilines is 1. The topological polar surface area (TPSA) is 43.8 Å². The number of fused-ring (bicyclic) bond motifs is 1. The third kappa shape index (κ3) is 2.01. The first-order chi connectivity index (χ1) is 9.10. The highest BCUT2D eigenvalue weighted by Crippen LogP contribution is 2.35. The van der Waals surface area contributed by atoms with E-state index in [-0.39, 0.29) is 0 Å². The van der Waals surface area contributed by atoms with Gasteiger partial charge in [0.05, 0.1) is 20.9 Å². The van der Waals surface area contributed by atoms with Gasteiger partial charge in [0.2, 0.25) is 0 Å². The van der Waals surface area contributed by atoms with E-state index in [0.717, 1.165) is 38.3 Å². The van der Waals surface area contributed by atoms with Crippen LogP contribution in [0.15, 0.2) is 24.3 Å². The molecule has 5 heteroatoms. The number of aromatic nitrogens is 2. The summed E-state index contributed by atoms with van der Waals surface area (Å²) in [5.74, 6) is 0.971. The van der Waals surface area contributed by atoms with Crippen LogP contribution in [0.3, 0.4) is 0 Å². The van der Waals surface area contributed by atoms with Gasteiger partial charge in [0.15, 0.2) is 5.82 Å². The molecule has 3 aromatic rings. The summed E-state index contributed by atoms with van der Waals surface area (Å²) in [5.41, 5.74) is 9.08. The van der Waals surface area contributed by atoms with Crippen molar-refractivity contribution in [2.75, 3.05) is 5.73 Å². The third-order valence-corrected chi connectivity index (χ3v) is 4.46. The fourth-order valence-electron chi connectivity index (χ4n) is 2.32. The molecule has 3 rings (SSSR count). The Bertz CT molecular complexity index is 757. The fraction of sp³-hybridized carbons (Fsp3) is 0.214. The molecule has 0 atom stereocenters. The van der Waals surface area contributed by atoms with E-state index < -0.39 is 0 Å². The standard InChI is InChI=1S/C14H14ClN3S/c1-3-18-11-7-9(15)4-5-10(11)17-14(18)13-8(2)6-12(16)19-13/h4-7H,3,16H2,1-2H3. The van der Waals surface area contributed by atoms with Gasteiger partial charge in [0.1, 0.15) is 0 Å². The summed E-state index contributed by atoms with van der Waals surface area (Å²) in [6.45, 7) is 5.02. The minimum absolute atomic E-state index is 0.732. The van der Waals surface area contributed by atoms with E-state index in [1.54, 1.807) is 11.3 Å². The van der Waals surface area contributed by atoms with Gasteiger partial charge >= 0.3 is 0 Å². The minimum Gasteiger partial charge on any atom is -0.391 e. The van der Waals surface area contributed by atoms with Crippen LogP contribution in [0.2, 0.25) is 5.02 Å². The van der Waals surface area contributed by atoms with Crippen LogP contribution >= 0.6 is 22.9 Å². The van der Waals surface area contributed by atoms with Crippen LogP contribution < -0.4 is 5.73 Å². The molecule has 0 aliphatic rings. The van der Waals surface area contributed by atoms with E-state index in [9.17, 15) is 0 Å². The summed E-state index contributed by atoms with van der Waals surface area (Å²) in [5, 5.41) is 1.55. The van der Waals surface area contributed by atoms with Crippen molar-refractivity contribution in [3.8, 4) is 10.7 Å². The lowest BCUT2D eigenvalue weighted by Crippen LogP contribution is -1.96. The Morgan fingerprint density at radius 1 is 1.37 bits per heavy atom. The number of hydrogen-bond donors (Lipinski definition) is 1. The summed E-state index contributed by atoms with van der Waals surface area (Å²) in [6, 6.07) is 7.78. The van der Waals surface area contributed by atoms with E-state index in [1.165, 1.54) is 5.56 Å². The summed E-state index contributed by atoms with van der Waals surface area (Å²) in [7, 11) is 0. The monoisotopic (exact) mass is 291 g/mol. The van der Waals surface area contributed by atoms with E-state index in [2.05, 4.69) is 18.4 Å². The Kier molecular flexibility index (Phi) is 2.99. The van der Waals surface area contributed by atoms with Gasteiger partial charge in [-0.25, -0.2) is 4.98 Å². The molecule has 0 fully saturated rings. The molecule has 98 valence electrons. The molecule has 0 unspecified atom stereocenters. The number of nitrogens with two attached hydrogens (primary N) is 1. The molecule has 0 saturated heterocycles. The maximum atomic E-state index is 6.08. The van der Waals surface area contributed by atoms with Gasteiger partial charge < -0.3 is 10.3 Å². The second-order valence-electron chi connectivity index (χ2n) is 4.47. The molecule has 0 spiro atoms. The van der Waals surface area contributed by atoms with Crippen molar-refractivity contribution in [2.24, 2.45) is 0 Å². The lowest BCUT2D eigenvalue weighted by Gasteiger charge is -2.05. The zero-order valence-corrected chi connectivity index (χ0v) is 12.3. The van der Waals surface area contributed by atoms with Crippen molar-refractivity contribution in [3.63, 3.8) is 0 Å². The van der Waals surface area contributed by atoms with E-state index in [0.29, 0.717) is 0 Å². The van der Waals surface area contributed by atoms with E-state index in [4.69, 9.17) is 22.3 Å². The Hall–Kier alpha value is -1.52. The highest BCUT2D eigenvalue weighted by atomic mass is 35.5. The molecule has 1 aromatic carbocycles. The van der Waals surface area contributed by atoms with Gasteiger partial charge in [-0.3, -0.25) is 0 Å². The SMILES string of the molecule is CCn1c(-c2sc(N)cc2C)nc2ccc(Cl)cc21. The van der Waals surface area contributed by atoms with Crippen LogP contribution in [0.1, 0.15) is 12.5 Å². The minimum atomic E-state index is 0.732. The van der Waals surface area contributed by atoms with Gasteiger partial charge in [0, 0.05) is 11.6 Å². The number of halogens is 1. The number of imidazole rings is 1. The third-order valence-electron chi connectivity index (χ3n) is 3.17. The maximum Gasteiger partial charge on any atom is 0.151 e. The van der Waals surface area contributed by atoms with Gasteiger partial charge in [0.25, 0.3) is 0 Å². The fourth-order valence-corrected chi connectivity index (χ4v) is 3.42. The molecule has 0 amide bonds. The van der Waals surface area contributed by atoms with Gasteiger partial charge in [-0.1, -0.05) is 11.6 Å². The highest BCUT2D eigenvalue weighted by molar-refractivity contribution is 7.19. The normalized spacial score (nSPS) is 11.3. The molecule has 0 bridgehead atoms. The smallest absolute Gasteiger partial charge is 0.151 e. The molecule has 2 heterocycles. The Morgan fingerprint density at radius 3 is 2.79 bits per heavy atom. The molecule has 19 heavy (non-hydrogen) atoms. The molecular formula is C14H14ClN3S. The molecule has 2 N–H and O–H groups in total. The molecule has 0 radical (unpaired) electrons. The summed E-state index contributed by atoms with van der Waals surface area (Å²) < 4.78 is 2.18. The quantitative estimate of drug-likeness (QED) is 0.764. The Morgan fingerprint density at radius 2 is 2.16 bits per heavy atom. The maximum absolute atomic E-state index is 6.08. The predicted molar refractivity (Wildman–Crippen MR) is 82.9 cm³/mol. The zero-order chi connectivity index (χ0) is 13.6. The molecular weight excluding hydrogens is 278 g/mol. The van der Waals surface area contributed by atoms with E-state index >= 15 is 0 Å². The van der Waals surface area contributed by atoms with Gasteiger partial charge in [-0.05, 0) is 43.7 Å². The predicted octanol–water partition coefficient (Wildman–Crippen LogP) is 4.33. The van der Waals surface area contributed by atoms with Crippen molar-refractivity contribution in [2.45, 2.75) is 20.4 Å². The van der Waals surface area contributed by atoms with Crippen LogP contribution in [-0.2, 0) is 6.54 Å². The molecule has 3 nitrogen and oxygen atoms in total. The molecule has 2 aromatic heterocycles. The molecule has 0 saturated carbocycles. The number of nitrogens with zero attached hydrogens (tertiary/aromatic N) is 2. The highest BCUT2D eigenvalue weighted by Gasteiger charge is 2.15. The van der Waals surface area contributed by atoms with Gasteiger partial charge in [-0.2, -0.15) is 0 Å². The first-order valence-electron chi connectivity index (χ1n) is 6.12. The van der Waals surface area contributed by atoms with Gasteiger partial charge in [-0.15, -0.1) is 11.3 Å². The van der Waals surface area contributed by atoms with Crippen LogP contribution in [0.25, 0.3) is 21.7 Å². The number of thiophene rings is 1. The molecule has 0 aliphatic carbocycles.